The molecule has 0 heterocycles. The molecule has 0 aliphatic rings. The molecule has 0 aromatic rings. The van der Waals surface area contributed by atoms with Gasteiger partial charge in [-0.15, -0.1) is 0 Å². The van der Waals surface area contributed by atoms with Gasteiger partial charge in [-0.05, 0) is 19.1 Å². The Kier molecular flexibility index (Phi) is 3.66. The van der Waals surface area contributed by atoms with Crippen LogP contribution in [0.2, 0.25) is 0 Å². The van der Waals surface area contributed by atoms with Crippen LogP contribution in [0.4, 0.5) is 0 Å². The number of nitrogens with one attached hydrogen (secondary N) is 1. The van der Waals surface area contributed by atoms with Crippen LogP contribution in [0, 0.1) is 5.41 Å². The summed E-state index contributed by atoms with van der Waals surface area (Å²) >= 11 is 0. The molecule has 0 aromatic carbocycles. The molecule has 11 heavy (non-hydrogen) atoms. The number of carbonyl (C=O) groups is 1. The van der Waals surface area contributed by atoms with E-state index in [1.807, 2.05) is 0 Å². The van der Waals surface area contributed by atoms with Crippen molar-refractivity contribution in [3.8, 4) is 0 Å². The van der Waals surface area contributed by atoms with Crippen molar-refractivity contribution in [1.82, 2.24) is 0 Å². The molecule has 4 nitrogen and oxygen atoms in total. The average Bonchev–Trinajstić information content (AvgIpc) is 1.99. The number of hydrogen-bond donors (Lipinski definition) is 3. The van der Waals surface area contributed by atoms with E-state index in [1.165, 1.54) is 6.08 Å². The summed E-state index contributed by atoms with van der Waals surface area (Å²) < 4.78 is 0. The van der Waals surface area contributed by atoms with E-state index in [4.69, 9.17) is 16.2 Å². The molecule has 0 unspecified atom stereocenters. The van der Waals surface area contributed by atoms with Crippen LogP contribution in [0.5, 0.6) is 0 Å². The van der Waals surface area contributed by atoms with Gasteiger partial charge >= 0.3 is 5.97 Å². The van der Waals surface area contributed by atoms with Crippen molar-refractivity contribution in [2.24, 2.45) is 5.73 Å². The van der Waals surface area contributed by atoms with Crippen molar-refractivity contribution in [1.29, 1.82) is 5.41 Å². The molecular formula is C7H10N2O2. The van der Waals surface area contributed by atoms with Crippen LogP contribution in [-0.2, 0) is 4.79 Å². The predicted octanol–water partition coefficient (Wildman–Crippen LogP) is 0.509. The van der Waals surface area contributed by atoms with Crippen molar-refractivity contribution < 1.29 is 9.90 Å². The second kappa shape index (κ2) is 4.27. The second-order valence-electron chi connectivity index (χ2n) is 1.84. The topological polar surface area (TPSA) is 87.2 Å². The second-order valence-corrected chi connectivity index (χ2v) is 1.84. The maximum absolute atomic E-state index is 10.1. The minimum Gasteiger partial charge on any atom is -0.477 e. The fourth-order valence-corrected chi connectivity index (χ4v) is 0.347. The van der Waals surface area contributed by atoms with Crippen LogP contribution in [0.15, 0.2) is 23.9 Å². The molecule has 0 saturated heterocycles. The first-order chi connectivity index (χ1) is 5.07. The van der Waals surface area contributed by atoms with Crippen LogP contribution in [0.25, 0.3) is 0 Å². The fraction of sp³-hybridized carbons (Fsp3) is 0.143. The first-order valence-electron chi connectivity index (χ1n) is 2.99. The number of nitrogens with two attached hydrogens (primary N) is 1. The van der Waals surface area contributed by atoms with Gasteiger partial charge in [-0.3, -0.25) is 5.41 Å². The van der Waals surface area contributed by atoms with E-state index in [9.17, 15) is 4.79 Å². The molecule has 0 radical (unpaired) electrons. The summed E-state index contributed by atoms with van der Waals surface area (Å²) in [4.78, 5) is 10.1. The summed E-state index contributed by atoms with van der Waals surface area (Å²) in [5.41, 5.74) is 5.27. The normalized spacial score (nSPS) is 11.9. The maximum Gasteiger partial charge on any atom is 0.353 e. The van der Waals surface area contributed by atoms with Gasteiger partial charge in [0.1, 0.15) is 5.71 Å². The quantitative estimate of drug-likeness (QED) is 0.409. The van der Waals surface area contributed by atoms with Gasteiger partial charge in [0.2, 0.25) is 0 Å². The summed E-state index contributed by atoms with van der Waals surface area (Å²) in [7, 11) is 0. The van der Waals surface area contributed by atoms with E-state index in [0.29, 0.717) is 5.70 Å². The van der Waals surface area contributed by atoms with Crippen LogP contribution < -0.4 is 5.73 Å². The average molecular weight is 154 g/mol. The Balaban J connectivity index is 4.15. The Morgan fingerprint density at radius 1 is 1.55 bits per heavy atom. The van der Waals surface area contributed by atoms with Crippen molar-refractivity contribution in [2.75, 3.05) is 0 Å². The van der Waals surface area contributed by atoms with Gasteiger partial charge in [0.15, 0.2) is 0 Å². The zero-order valence-corrected chi connectivity index (χ0v) is 6.16. The van der Waals surface area contributed by atoms with E-state index >= 15 is 0 Å². The molecule has 4 N–H and O–H groups in total. The first kappa shape index (κ1) is 9.42. The lowest BCUT2D eigenvalue weighted by Crippen LogP contribution is -2.08. The van der Waals surface area contributed by atoms with Crippen LogP contribution in [-0.4, -0.2) is 16.8 Å². The van der Waals surface area contributed by atoms with Crippen molar-refractivity contribution >= 4 is 11.7 Å². The van der Waals surface area contributed by atoms with Gasteiger partial charge in [-0.2, -0.15) is 0 Å². The van der Waals surface area contributed by atoms with Crippen LogP contribution >= 0.6 is 0 Å². The highest BCUT2D eigenvalue weighted by atomic mass is 16.4. The maximum atomic E-state index is 10.1. The highest BCUT2D eigenvalue weighted by Crippen LogP contribution is 1.86. The zero-order valence-electron chi connectivity index (χ0n) is 6.16. The highest BCUT2D eigenvalue weighted by molar-refractivity contribution is 6.39. The Labute approximate surface area is 64.5 Å². The van der Waals surface area contributed by atoms with E-state index in [1.54, 1.807) is 13.0 Å². The highest BCUT2D eigenvalue weighted by Gasteiger charge is 1.99. The van der Waals surface area contributed by atoms with Crippen LogP contribution in [0.1, 0.15) is 6.92 Å². The molecule has 60 valence electrons. The fourth-order valence-electron chi connectivity index (χ4n) is 0.347. The van der Waals surface area contributed by atoms with Gasteiger partial charge in [0.25, 0.3) is 0 Å². The predicted molar refractivity (Wildman–Crippen MR) is 42.4 cm³/mol. The molecule has 0 rings (SSSR count). The molecule has 0 saturated carbocycles. The Morgan fingerprint density at radius 3 is 2.45 bits per heavy atom. The molecule has 0 aliphatic carbocycles. The number of carboxylic acid groups (broad SMARTS) is 1. The smallest absolute Gasteiger partial charge is 0.353 e. The van der Waals surface area contributed by atoms with E-state index in [-0.39, 0.29) is 0 Å². The standard InChI is InChI=1S/C7H10N2O2/c1-2-5(8)3-4-6(9)7(10)11/h2-4,9H,8H2,1H3,(H,10,11)/b4-3-,5-2+,9-6?. The minimum atomic E-state index is -1.26. The monoisotopic (exact) mass is 154 g/mol. The van der Waals surface area contributed by atoms with Gasteiger partial charge < -0.3 is 10.8 Å². The Bertz CT molecular complexity index is 229. The molecule has 0 fully saturated rings. The molecule has 4 heteroatoms. The zero-order chi connectivity index (χ0) is 8.85. The van der Waals surface area contributed by atoms with Gasteiger partial charge in [0, 0.05) is 5.70 Å². The summed E-state index contributed by atoms with van der Waals surface area (Å²) in [6.07, 6.45) is 4.12. The molecule has 0 amide bonds. The van der Waals surface area contributed by atoms with E-state index in [0.717, 1.165) is 6.08 Å². The summed E-state index contributed by atoms with van der Waals surface area (Å²) in [5.74, 6) is -1.26. The van der Waals surface area contributed by atoms with E-state index < -0.39 is 11.7 Å². The lowest BCUT2D eigenvalue weighted by atomic mass is 10.3. The summed E-state index contributed by atoms with van der Waals surface area (Å²) in [6.45, 7) is 1.73. The van der Waals surface area contributed by atoms with Crippen LogP contribution in [0.3, 0.4) is 0 Å². The van der Waals surface area contributed by atoms with E-state index in [2.05, 4.69) is 0 Å². The first-order valence-corrected chi connectivity index (χ1v) is 2.99. The van der Waals surface area contributed by atoms with Gasteiger partial charge in [-0.25, -0.2) is 4.79 Å². The number of hydrogen-bond acceptors (Lipinski definition) is 3. The Hall–Kier alpha value is -1.58. The third-order valence-corrected chi connectivity index (χ3v) is 1.01. The lowest BCUT2D eigenvalue weighted by Gasteiger charge is -1.89. The van der Waals surface area contributed by atoms with Crippen molar-refractivity contribution in [3.05, 3.63) is 23.9 Å². The minimum absolute atomic E-state index is 0.441. The summed E-state index contributed by atoms with van der Waals surface area (Å²) in [6, 6.07) is 0. The van der Waals surface area contributed by atoms with Crippen molar-refractivity contribution in [2.45, 2.75) is 6.92 Å². The third kappa shape index (κ3) is 3.91. The number of aliphatic carboxylic acids is 1. The largest absolute Gasteiger partial charge is 0.477 e. The molecule has 0 spiro atoms. The molecule has 0 aliphatic heterocycles. The Morgan fingerprint density at radius 2 is 2.09 bits per heavy atom. The molecular weight excluding hydrogens is 144 g/mol. The number of carboxylic acids is 1. The summed E-state index contributed by atoms with van der Waals surface area (Å²) in [5, 5.41) is 15.1. The van der Waals surface area contributed by atoms with Crippen molar-refractivity contribution in [3.63, 3.8) is 0 Å². The number of allylic oxidation sites excluding steroid dienone is 2. The third-order valence-electron chi connectivity index (χ3n) is 1.01. The molecule has 0 bridgehead atoms. The van der Waals surface area contributed by atoms with Gasteiger partial charge in [0.05, 0.1) is 0 Å². The van der Waals surface area contributed by atoms with Gasteiger partial charge in [-0.1, -0.05) is 6.08 Å². The SMILES string of the molecule is C/C=C(N)\C=C/C(=N)C(=O)O. The molecule has 0 aromatic heterocycles. The number of rotatable bonds is 3. The lowest BCUT2D eigenvalue weighted by molar-refractivity contribution is -0.129. The molecule has 0 atom stereocenters.